The molecule has 9 nitrogen and oxygen atoms in total. The minimum atomic E-state index is -1.54. The van der Waals surface area contributed by atoms with E-state index in [1.165, 1.54) is 0 Å². The predicted molar refractivity (Wildman–Crippen MR) is 102 cm³/mol. The predicted octanol–water partition coefficient (Wildman–Crippen LogP) is -1.14. The van der Waals surface area contributed by atoms with Crippen LogP contribution in [0, 0.1) is 23.7 Å². The summed E-state index contributed by atoms with van der Waals surface area (Å²) in [5.74, 6) is -1.31. The van der Waals surface area contributed by atoms with E-state index in [1.807, 2.05) is 0 Å². The minimum absolute atomic E-state index is 0.165. The molecule has 0 aromatic rings. The molecule has 5 N–H and O–H groups in total. The van der Waals surface area contributed by atoms with Crippen molar-refractivity contribution in [1.82, 2.24) is 0 Å². The number of carbonyl (C=O) groups excluding carboxylic acids is 1. The Hall–Kier alpha value is -1.33. The van der Waals surface area contributed by atoms with E-state index in [2.05, 4.69) is 13.2 Å². The second-order valence-corrected chi connectivity index (χ2v) is 8.95. The molecule has 9 heteroatoms. The first kappa shape index (κ1) is 21.9. The van der Waals surface area contributed by atoms with Crippen LogP contribution in [0.25, 0.3) is 0 Å². The normalized spacial score (nSPS) is 51.3. The first-order valence-corrected chi connectivity index (χ1v) is 10.4. The van der Waals surface area contributed by atoms with Gasteiger partial charge in [0, 0.05) is 11.8 Å². The smallest absolute Gasteiger partial charge is 0.309 e. The zero-order valence-corrected chi connectivity index (χ0v) is 16.8. The van der Waals surface area contributed by atoms with Crippen molar-refractivity contribution in [2.75, 3.05) is 6.61 Å². The summed E-state index contributed by atoms with van der Waals surface area (Å²) in [5.41, 5.74) is 1.28. The molecule has 2 saturated carbocycles. The number of carbonyl (C=O) groups is 1. The number of rotatable bonds is 3. The van der Waals surface area contributed by atoms with Crippen molar-refractivity contribution < 1.29 is 44.5 Å². The fourth-order valence-corrected chi connectivity index (χ4v) is 5.43. The Labute approximate surface area is 174 Å². The van der Waals surface area contributed by atoms with Crippen molar-refractivity contribution in [3.05, 3.63) is 24.3 Å². The highest BCUT2D eigenvalue weighted by molar-refractivity contribution is 5.75. The number of fused-ring (bicyclic) bond motifs is 3. The van der Waals surface area contributed by atoms with Gasteiger partial charge in [-0.05, 0) is 29.9 Å². The second-order valence-electron chi connectivity index (χ2n) is 8.95. The van der Waals surface area contributed by atoms with Crippen molar-refractivity contribution in [3.63, 3.8) is 0 Å². The lowest BCUT2D eigenvalue weighted by atomic mass is 9.80. The summed E-state index contributed by atoms with van der Waals surface area (Å²) in [7, 11) is 0. The van der Waals surface area contributed by atoms with Gasteiger partial charge < -0.3 is 39.7 Å². The van der Waals surface area contributed by atoms with Gasteiger partial charge in [-0.25, -0.2) is 0 Å². The fourth-order valence-electron chi connectivity index (χ4n) is 5.43. The summed E-state index contributed by atoms with van der Waals surface area (Å²) < 4.78 is 17.1. The van der Waals surface area contributed by atoms with Crippen LogP contribution in [0.15, 0.2) is 24.3 Å². The minimum Gasteiger partial charge on any atom is -0.461 e. The molecule has 30 heavy (non-hydrogen) atoms. The van der Waals surface area contributed by atoms with Gasteiger partial charge in [-0.1, -0.05) is 20.1 Å². The van der Waals surface area contributed by atoms with Crippen LogP contribution in [0.5, 0.6) is 0 Å². The number of hydrogen-bond donors (Lipinski definition) is 5. The highest BCUT2D eigenvalue weighted by atomic mass is 16.7. The average molecular weight is 426 g/mol. The molecule has 168 valence electrons. The van der Waals surface area contributed by atoms with Crippen LogP contribution in [0.4, 0.5) is 0 Å². The zero-order valence-electron chi connectivity index (χ0n) is 16.8. The van der Waals surface area contributed by atoms with Crippen molar-refractivity contribution in [3.8, 4) is 0 Å². The average Bonchev–Trinajstić information content (AvgIpc) is 3.15. The van der Waals surface area contributed by atoms with Crippen molar-refractivity contribution in [2.45, 2.75) is 68.8 Å². The number of aliphatic hydroxyl groups is 5. The Balaban J connectivity index is 1.56. The molecule has 0 aromatic heterocycles. The van der Waals surface area contributed by atoms with Gasteiger partial charge >= 0.3 is 5.97 Å². The summed E-state index contributed by atoms with van der Waals surface area (Å²) in [5, 5.41) is 50.3. The van der Waals surface area contributed by atoms with Gasteiger partial charge in [-0.15, -0.1) is 0 Å². The number of ether oxygens (including phenoxy) is 3. The van der Waals surface area contributed by atoms with Gasteiger partial charge in [-0.3, -0.25) is 4.79 Å². The molecule has 4 fully saturated rings. The summed E-state index contributed by atoms with van der Waals surface area (Å²) in [4.78, 5) is 12.2. The highest BCUT2D eigenvalue weighted by Crippen LogP contribution is 2.53. The maximum atomic E-state index is 12.2. The number of aliphatic hydroxyl groups excluding tert-OH is 5. The van der Waals surface area contributed by atoms with Crippen LogP contribution in [0.1, 0.15) is 19.8 Å². The summed E-state index contributed by atoms with van der Waals surface area (Å²) >= 11 is 0. The van der Waals surface area contributed by atoms with Gasteiger partial charge in [0.25, 0.3) is 0 Å². The molecule has 0 amide bonds. The SMILES string of the molecule is C=C1[C@@H]2[C@H]3OC(=O)[C@H](C)[C@@H]3C[C@H](O)C(=C)[C@@H]2C[C@@H]1O[C@@H]1O[C@H](CO)[C@@H](O)[C@H](O)[C@H]1O. The molecular formula is C21H30O9. The monoisotopic (exact) mass is 426 g/mol. The summed E-state index contributed by atoms with van der Waals surface area (Å²) in [6.45, 7) is 9.47. The lowest BCUT2D eigenvalue weighted by Crippen LogP contribution is -2.59. The largest absolute Gasteiger partial charge is 0.461 e. The Morgan fingerprint density at radius 1 is 1.07 bits per heavy atom. The molecule has 0 spiro atoms. The molecule has 0 unspecified atom stereocenters. The van der Waals surface area contributed by atoms with Crippen LogP contribution in [-0.4, -0.2) is 87.1 Å². The van der Waals surface area contributed by atoms with Crippen molar-refractivity contribution >= 4 is 5.97 Å². The van der Waals surface area contributed by atoms with Gasteiger partial charge in [0.05, 0.1) is 24.7 Å². The Kier molecular flexibility index (Phi) is 5.82. The highest BCUT2D eigenvalue weighted by Gasteiger charge is 2.57. The molecule has 2 heterocycles. The van der Waals surface area contributed by atoms with Crippen LogP contribution in [0.2, 0.25) is 0 Å². The lowest BCUT2D eigenvalue weighted by molar-refractivity contribution is -0.308. The lowest BCUT2D eigenvalue weighted by Gasteiger charge is -2.40. The van der Waals surface area contributed by atoms with Crippen LogP contribution in [-0.2, 0) is 19.0 Å². The first-order valence-electron chi connectivity index (χ1n) is 10.4. The Morgan fingerprint density at radius 2 is 1.77 bits per heavy atom. The molecule has 0 radical (unpaired) electrons. The van der Waals surface area contributed by atoms with E-state index in [4.69, 9.17) is 14.2 Å². The maximum absolute atomic E-state index is 12.2. The van der Waals surface area contributed by atoms with E-state index in [0.29, 0.717) is 24.0 Å². The van der Waals surface area contributed by atoms with E-state index < -0.39 is 55.6 Å². The fraction of sp³-hybridized carbons (Fsp3) is 0.762. The van der Waals surface area contributed by atoms with Crippen LogP contribution >= 0.6 is 0 Å². The molecule has 4 rings (SSSR count). The number of hydrogen-bond acceptors (Lipinski definition) is 9. The molecule has 0 aromatic carbocycles. The van der Waals surface area contributed by atoms with Gasteiger partial charge in [0.15, 0.2) is 6.29 Å². The molecule has 2 aliphatic heterocycles. The van der Waals surface area contributed by atoms with Gasteiger partial charge in [0.2, 0.25) is 0 Å². The van der Waals surface area contributed by atoms with Crippen molar-refractivity contribution in [2.24, 2.45) is 23.7 Å². The topological polar surface area (TPSA) is 146 Å². The second kappa shape index (κ2) is 7.98. The number of esters is 1. The third-order valence-corrected chi connectivity index (χ3v) is 7.33. The van der Waals surface area contributed by atoms with Gasteiger partial charge in [-0.2, -0.15) is 0 Å². The zero-order chi connectivity index (χ0) is 21.9. The molecule has 2 aliphatic carbocycles. The van der Waals surface area contributed by atoms with E-state index in [0.717, 1.165) is 0 Å². The Bertz CT molecular complexity index is 721. The Morgan fingerprint density at radius 3 is 2.43 bits per heavy atom. The molecule has 0 bridgehead atoms. The molecule has 12 atom stereocenters. The summed E-state index contributed by atoms with van der Waals surface area (Å²) in [6.07, 6.45) is -7.94. The van der Waals surface area contributed by atoms with E-state index in [-0.39, 0.29) is 29.6 Å². The van der Waals surface area contributed by atoms with Crippen LogP contribution in [0.3, 0.4) is 0 Å². The molecule has 2 saturated heterocycles. The summed E-state index contributed by atoms with van der Waals surface area (Å²) in [6, 6.07) is 0. The van der Waals surface area contributed by atoms with E-state index in [1.54, 1.807) is 6.92 Å². The molecule has 4 aliphatic rings. The quantitative estimate of drug-likeness (QED) is 0.279. The standard InChI is InChI=1S/C21H30O9/c1-7-10-5-13(28-21-18(26)17(25)16(24)14(6-22)29-21)9(3)15(10)19-11(4-12(7)23)8(2)20(27)30-19/h8,10-19,21-26H,1,3-6H2,2H3/t8-,10+,11+,12+,13+,14-,15+,16-,17+,18-,19+,21-/m1/s1. The van der Waals surface area contributed by atoms with E-state index in [9.17, 15) is 30.3 Å². The third kappa shape index (κ3) is 3.33. The van der Waals surface area contributed by atoms with Crippen molar-refractivity contribution in [1.29, 1.82) is 0 Å². The van der Waals surface area contributed by atoms with E-state index >= 15 is 0 Å². The molecular weight excluding hydrogens is 396 g/mol. The third-order valence-electron chi connectivity index (χ3n) is 7.33. The van der Waals surface area contributed by atoms with Crippen LogP contribution < -0.4 is 0 Å². The van der Waals surface area contributed by atoms with Gasteiger partial charge in [0.1, 0.15) is 30.5 Å². The first-order chi connectivity index (χ1) is 14.1. The maximum Gasteiger partial charge on any atom is 0.309 e.